The minimum atomic E-state index is -4.68. The van der Waals surface area contributed by atoms with Crippen LogP contribution in [0.25, 0.3) is 0 Å². The number of unbranched alkanes of at least 4 members (excludes halogenated alkanes) is 3. The first-order valence-corrected chi connectivity index (χ1v) is 41.6. The van der Waals surface area contributed by atoms with Crippen LogP contribution in [0, 0.1) is 0 Å². The zero-order valence-electron chi connectivity index (χ0n) is 60.5. The van der Waals surface area contributed by atoms with E-state index in [1.807, 2.05) is 65.0 Å². The molecule has 107 heavy (non-hydrogen) atoms. The van der Waals surface area contributed by atoms with Crippen molar-refractivity contribution < 1.29 is 83.6 Å². The van der Waals surface area contributed by atoms with Crippen LogP contribution in [-0.4, -0.2) is 204 Å². The molecule has 0 radical (unpaired) electrons. The number of nitrogens with two attached hydrogens (primary N) is 2. The van der Waals surface area contributed by atoms with E-state index in [9.17, 15) is 79.0 Å². The summed E-state index contributed by atoms with van der Waals surface area (Å²) < 4.78 is 72.7. The van der Waals surface area contributed by atoms with Crippen LogP contribution in [0.15, 0.2) is 118 Å². The highest BCUT2D eigenvalue weighted by Gasteiger charge is 2.45. The van der Waals surface area contributed by atoms with Gasteiger partial charge in [0.1, 0.15) is 52.9 Å². The first-order valence-electron chi connectivity index (χ1n) is 35.1. The number of aliphatic carboxylic acids is 1. The Labute approximate surface area is 635 Å². The SMILES string of the molecule is CCN1/C(=C/C=C/C=C/C2=[N+](CCCCCC(=O)NCCCC[C@@H]3NC(=O)CSC[C@@H](C)NC(=O)[C@H](Cc4ccccc4)NC(=O)[C@@H]4CSSC[C@H](NC3=O)C(=O)N[C@@H](CCCN=C(N)N)C(=O)NCC(=O)N[C@@H](CC(=O)O)C(=O)N4)c3ccc(S(=O)(=O)O)cc3C2(C)C)C(C)(C)c2cc(S(=O)(=O)[O-])ccc21. The molecule has 4 aliphatic rings. The van der Waals surface area contributed by atoms with E-state index in [2.05, 4.69) is 62.3 Å². The molecule has 0 saturated carbocycles. The number of rotatable bonds is 25. The lowest BCUT2D eigenvalue weighted by Gasteiger charge is -2.26. The highest BCUT2D eigenvalue weighted by Crippen LogP contribution is 2.48. The first-order chi connectivity index (χ1) is 50.6. The summed E-state index contributed by atoms with van der Waals surface area (Å²) in [5.41, 5.74) is 15.0. The number of thioether (sulfide) groups is 1. The summed E-state index contributed by atoms with van der Waals surface area (Å²) in [6.45, 7) is 11.9. The molecular weight excluding hydrogens is 1480 g/mol. The number of carbonyl (C=O) groups excluding carboxylic acids is 9. The molecule has 0 spiro atoms. The van der Waals surface area contributed by atoms with Gasteiger partial charge in [0.05, 0.1) is 33.9 Å². The molecule has 7 atom stereocenters. The molecule has 9 amide bonds. The molecule has 36 heteroatoms. The van der Waals surface area contributed by atoms with E-state index in [4.69, 9.17) is 11.5 Å². The Hall–Kier alpha value is -8.81. The lowest BCUT2D eigenvalue weighted by Crippen LogP contribution is -2.59. The number of carboxylic acid groups (broad SMARTS) is 1. The quantitative estimate of drug-likeness (QED) is 0.0110. The third-order valence-corrected chi connectivity index (χ3v) is 23.6. The molecule has 4 heterocycles. The summed E-state index contributed by atoms with van der Waals surface area (Å²) in [4.78, 5) is 144. The molecule has 0 unspecified atom stereocenters. The van der Waals surface area contributed by atoms with Crippen molar-refractivity contribution in [1.82, 2.24) is 47.9 Å². The van der Waals surface area contributed by atoms with Gasteiger partial charge in [0.15, 0.2) is 11.7 Å². The van der Waals surface area contributed by atoms with E-state index in [1.54, 1.807) is 49.4 Å². The Morgan fingerprint density at radius 2 is 1.32 bits per heavy atom. The van der Waals surface area contributed by atoms with Crippen LogP contribution in [-0.2, 0) is 85.4 Å². The molecule has 3 aromatic carbocycles. The number of carbonyl (C=O) groups is 10. The average Bonchev–Trinajstić information content (AvgIpc) is 1.60. The number of fused-ring (bicyclic) bond motifs is 7. The zero-order chi connectivity index (χ0) is 78.4. The fourth-order valence-corrected chi connectivity index (χ4v) is 16.9. The first kappa shape index (κ1) is 85.4. The van der Waals surface area contributed by atoms with Gasteiger partial charge in [-0.05, 0) is 120 Å². The Morgan fingerprint density at radius 3 is 1.97 bits per heavy atom. The van der Waals surface area contributed by atoms with E-state index in [1.165, 1.54) is 24.3 Å². The molecule has 4 aliphatic heterocycles. The lowest BCUT2D eigenvalue weighted by molar-refractivity contribution is -0.438. The third-order valence-electron chi connectivity index (χ3n) is 18.3. The Balaban J connectivity index is 1.04. The molecule has 2 bridgehead atoms. The van der Waals surface area contributed by atoms with Crippen molar-refractivity contribution in [3.63, 3.8) is 0 Å². The van der Waals surface area contributed by atoms with E-state index < -0.39 is 140 Å². The monoisotopic (exact) mass is 1580 g/mol. The maximum Gasteiger partial charge on any atom is 0.305 e. The maximum atomic E-state index is 14.6. The molecule has 3 aromatic rings. The number of allylic oxidation sites excluding steroid dienone is 6. The standard InChI is InChI=1S/C71H96N14O17S5/c1-7-84-55-29-27-45(106(97,98)99)35-47(55)70(3,4)57(84)24-13-9-14-25-58-71(5,6)48-36-46(107(100,101)102)28-30-56(48)85(58)33-18-10-15-26-59(86)74-31-17-16-22-50-64(92)82-53-40-104-105-41-54(68(96)81-51(34-44-20-11-8-12-21-44)65(93)77-43(2)39-103-42-61(88)78-50)83-66(94)52(37-62(89)90)79-60(87)38-76-63(91)49(80-67(53)95)23-19-32-75-69(72)73/h8-9,11-14,20-21,24-25,27-30,35-36,43,49-54H,7,10,15-19,22-23,26,31-34,37-42H2,1-6H3,(H15-,72,73,74,75,76,77,78,79,80,81,82,83,86,87,88,89,90,91,92,93,94,95,96,97,98,99,100,101,102)/t43-,49+,50+,51+,52+,53+,54+/m1/s1. The maximum absolute atomic E-state index is 14.6. The van der Waals surface area contributed by atoms with E-state index in [0.29, 0.717) is 55.5 Å². The van der Waals surface area contributed by atoms with Crippen LogP contribution < -0.4 is 64.2 Å². The number of amides is 9. The van der Waals surface area contributed by atoms with Crippen LogP contribution in [0.4, 0.5) is 11.4 Å². The van der Waals surface area contributed by atoms with Gasteiger partial charge in [-0.3, -0.25) is 57.5 Å². The van der Waals surface area contributed by atoms with E-state index in [0.717, 1.165) is 56.1 Å². The fraction of sp³-hybridized carbons (Fsp3) is 0.493. The topological polar surface area (TPSA) is 481 Å². The summed E-state index contributed by atoms with van der Waals surface area (Å²) in [5.74, 6) is -9.20. The summed E-state index contributed by atoms with van der Waals surface area (Å²) in [5, 5.41) is 33.7. The smallest absolute Gasteiger partial charge is 0.305 e. The van der Waals surface area contributed by atoms with Gasteiger partial charge in [0.2, 0.25) is 58.9 Å². The number of nitrogens with zero attached hydrogens (tertiary/aromatic N) is 3. The molecule has 0 aromatic heterocycles. The Kier molecular flexibility index (Phi) is 31.4. The van der Waals surface area contributed by atoms with Gasteiger partial charge < -0.3 is 73.9 Å². The minimum absolute atomic E-state index is 0.00856. The van der Waals surface area contributed by atoms with Gasteiger partial charge in [-0.15, -0.1) is 11.8 Å². The number of guanidine groups is 1. The molecule has 0 aliphatic carbocycles. The summed E-state index contributed by atoms with van der Waals surface area (Å²) in [7, 11) is -7.30. The molecule has 7 rings (SSSR count). The van der Waals surface area contributed by atoms with Crippen molar-refractivity contribution in [2.45, 2.75) is 175 Å². The highest BCUT2D eigenvalue weighted by molar-refractivity contribution is 8.76. The molecule has 2 saturated heterocycles. The number of anilines is 1. The molecule has 2 fully saturated rings. The van der Waals surface area contributed by atoms with Gasteiger partial charge in [0.25, 0.3) is 10.1 Å². The van der Waals surface area contributed by atoms with Gasteiger partial charge >= 0.3 is 5.97 Å². The number of nitrogens with one attached hydrogen (secondary N) is 9. The van der Waals surface area contributed by atoms with Crippen molar-refractivity contribution in [2.75, 3.05) is 60.6 Å². The van der Waals surface area contributed by atoms with Crippen molar-refractivity contribution >= 4 is 136 Å². The van der Waals surface area contributed by atoms with Crippen LogP contribution in [0.2, 0.25) is 0 Å². The molecule has 31 nitrogen and oxygen atoms in total. The van der Waals surface area contributed by atoms with Crippen LogP contribution in [0.3, 0.4) is 0 Å². The van der Waals surface area contributed by atoms with E-state index in [-0.39, 0.29) is 96.3 Å². The second kappa shape index (κ2) is 39.3. The van der Waals surface area contributed by atoms with Crippen molar-refractivity contribution in [1.29, 1.82) is 0 Å². The number of hydrogen-bond donors (Lipinski definition) is 13. The number of aliphatic imine (C=N–C) groups is 1. The predicted octanol–water partition coefficient (Wildman–Crippen LogP) is 2.32. The average molecular weight is 1580 g/mol. The number of likely N-dealkylation sites (N-methyl/N-ethyl adjacent to an activating group) is 1. The normalized spacial score (nSPS) is 22.7. The highest BCUT2D eigenvalue weighted by atomic mass is 33.1. The van der Waals surface area contributed by atoms with Gasteiger partial charge in [-0.1, -0.05) is 84.0 Å². The lowest BCUT2D eigenvalue weighted by atomic mass is 9.81. The van der Waals surface area contributed by atoms with Crippen molar-refractivity contribution in [3.8, 4) is 0 Å². The largest absolute Gasteiger partial charge is 0.744 e. The van der Waals surface area contributed by atoms with Gasteiger partial charge in [-0.2, -0.15) is 13.0 Å². The zero-order valence-corrected chi connectivity index (χ0v) is 64.6. The number of benzene rings is 3. The van der Waals surface area contributed by atoms with Gasteiger partial charge in [-0.25, -0.2) is 8.42 Å². The predicted molar refractivity (Wildman–Crippen MR) is 408 cm³/mol. The number of hydrogen-bond acceptors (Lipinski definition) is 20. The van der Waals surface area contributed by atoms with E-state index >= 15 is 0 Å². The van der Waals surface area contributed by atoms with Crippen molar-refractivity contribution in [3.05, 3.63) is 119 Å². The van der Waals surface area contributed by atoms with Crippen LogP contribution in [0.5, 0.6) is 0 Å². The minimum Gasteiger partial charge on any atom is -0.744 e. The Bertz CT molecular complexity index is 4190. The third kappa shape index (κ3) is 24.9. The second-order valence-electron chi connectivity index (χ2n) is 27.2. The number of carboxylic acids is 1. The summed E-state index contributed by atoms with van der Waals surface area (Å²) >= 11 is 1.14. The summed E-state index contributed by atoms with van der Waals surface area (Å²) in [6.07, 6.45) is 11.1. The van der Waals surface area contributed by atoms with Crippen molar-refractivity contribution in [2.24, 2.45) is 16.5 Å². The second-order valence-corrected chi connectivity index (χ2v) is 33.6. The summed E-state index contributed by atoms with van der Waals surface area (Å²) in [6, 6.07) is 8.44. The fourth-order valence-electron chi connectivity index (χ4n) is 12.7. The van der Waals surface area contributed by atoms with Crippen LogP contribution >= 0.6 is 33.3 Å². The molecule has 15 N–H and O–H groups in total. The molecular formula is C71H96N14O17S5. The van der Waals surface area contributed by atoms with Crippen LogP contribution in [0.1, 0.15) is 122 Å². The molecule has 582 valence electrons. The van der Waals surface area contributed by atoms with Gasteiger partial charge in [0, 0.05) is 96.7 Å². The Morgan fingerprint density at radius 1 is 0.692 bits per heavy atom.